The number of pyridine rings is 1. The minimum Gasteiger partial charge on any atom is -0.381 e. The summed E-state index contributed by atoms with van der Waals surface area (Å²) in [4.78, 5) is 7.46. The van der Waals surface area contributed by atoms with Gasteiger partial charge >= 0.3 is 0 Å². The molecular weight excluding hydrogens is 318 g/mol. The number of aryl methyl sites for hydroxylation is 1. The van der Waals surface area contributed by atoms with Crippen molar-refractivity contribution in [3.05, 3.63) is 34.5 Å². The van der Waals surface area contributed by atoms with Gasteiger partial charge in [0.15, 0.2) is 0 Å². The van der Waals surface area contributed by atoms with Crippen molar-refractivity contribution in [2.75, 3.05) is 25.0 Å². The second-order valence-corrected chi connectivity index (χ2v) is 7.57. The van der Waals surface area contributed by atoms with E-state index in [4.69, 9.17) is 16.6 Å². The summed E-state index contributed by atoms with van der Waals surface area (Å²) in [6.07, 6.45) is 7.22. The van der Waals surface area contributed by atoms with E-state index < -0.39 is 0 Å². The van der Waals surface area contributed by atoms with Crippen molar-refractivity contribution in [3.63, 3.8) is 0 Å². The number of aromatic nitrogens is 1. The fraction of sp³-hybridized carbons (Fsp3) is 0.550. The Morgan fingerprint density at radius 2 is 2.00 bits per heavy atom. The lowest BCUT2D eigenvalue weighted by atomic mass is 9.92. The van der Waals surface area contributed by atoms with Crippen molar-refractivity contribution in [1.29, 1.82) is 0 Å². The topological polar surface area (TPSA) is 28.2 Å². The molecule has 2 aromatic rings. The Kier molecular flexibility index (Phi) is 4.64. The first-order valence-electron chi connectivity index (χ1n) is 9.34. The number of fused-ring (bicyclic) bond motifs is 2. The molecule has 0 radical (unpaired) electrons. The van der Waals surface area contributed by atoms with Gasteiger partial charge in [-0.25, -0.2) is 0 Å². The molecule has 1 aromatic carbocycles. The summed E-state index contributed by atoms with van der Waals surface area (Å²) in [5.74, 6) is 0. The van der Waals surface area contributed by atoms with Crippen molar-refractivity contribution >= 4 is 28.2 Å². The number of nitrogens with one attached hydrogen (secondary N) is 1. The lowest BCUT2D eigenvalue weighted by Crippen LogP contribution is -2.39. The Bertz CT molecular complexity index is 735. The molecule has 1 fully saturated rings. The standard InChI is InChI=1S/C20H26ClN3/c1-2-24-11-9-15(10-12-24)22-20-16-5-3-4-6-18(16)23-19-13-14(21)7-8-17(19)20/h7-8,13,15H,2-6,9-12H2,1H3,(H,22,23). The number of rotatable bonds is 3. The number of piperidine rings is 1. The van der Waals surface area contributed by atoms with Crippen LogP contribution in [0.15, 0.2) is 18.2 Å². The number of hydrogen-bond acceptors (Lipinski definition) is 3. The molecule has 1 aliphatic heterocycles. The molecule has 0 unspecified atom stereocenters. The van der Waals surface area contributed by atoms with Crippen molar-refractivity contribution in [1.82, 2.24) is 9.88 Å². The molecule has 0 amide bonds. The quantitative estimate of drug-likeness (QED) is 0.878. The SMILES string of the molecule is CCN1CCC(Nc2c3c(nc4cc(Cl)ccc24)CCCC3)CC1. The smallest absolute Gasteiger partial charge is 0.0741 e. The van der Waals surface area contributed by atoms with Gasteiger partial charge in [0, 0.05) is 40.9 Å². The van der Waals surface area contributed by atoms with Gasteiger partial charge in [-0.15, -0.1) is 0 Å². The summed E-state index contributed by atoms with van der Waals surface area (Å²) in [7, 11) is 0. The van der Waals surface area contributed by atoms with Gasteiger partial charge in [-0.1, -0.05) is 18.5 Å². The Labute approximate surface area is 149 Å². The van der Waals surface area contributed by atoms with Gasteiger partial charge in [-0.05, 0) is 68.8 Å². The van der Waals surface area contributed by atoms with Crippen LogP contribution < -0.4 is 5.32 Å². The number of halogens is 1. The zero-order valence-electron chi connectivity index (χ0n) is 14.4. The molecule has 2 heterocycles. The number of likely N-dealkylation sites (tertiary alicyclic amines) is 1. The summed E-state index contributed by atoms with van der Waals surface area (Å²) < 4.78 is 0. The second-order valence-electron chi connectivity index (χ2n) is 7.13. The van der Waals surface area contributed by atoms with E-state index in [1.54, 1.807) is 0 Å². The molecule has 1 N–H and O–H groups in total. The van der Waals surface area contributed by atoms with Crippen molar-refractivity contribution in [2.45, 2.75) is 51.5 Å². The minimum atomic E-state index is 0.570. The molecule has 0 bridgehead atoms. The largest absolute Gasteiger partial charge is 0.381 e. The molecular formula is C20H26ClN3. The van der Waals surface area contributed by atoms with Gasteiger partial charge in [0.25, 0.3) is 0 Å². The average Bonchev–Trinajstić information content (AvgIpc) is 2.62. The van der Waals surface area contributed by atoms with Crippen LogP contribution in [-0.2, 0) is 12.8 Å². The van der Waals surface area contributed by atoms with E-state index in [1.807, 2.05) is 12.1 Å². The van der Waals surface area contributed by atoms with Gasteiger partial charge in [-0.3, -0.25) is 4.98 Å². The molecule has 3 nitrogen and oxygen atoms in total. The fourth-order valence-corrected chi connectivity index (χ4v) is 4.33. The fourth-order valence-electron chi connectivity index (χ4n) is 4.16. The Morgan fingerprint density at radius 3 is 2.79 bits per heavy atom. The maximum Gasteiger partial charge on any atom is 0.0741 e. The molecule has 1 aliphatic carbocycles. The van der Waals surface area contributed by atoms with Gasteiger partial charge in [0.1, 0.15) is 0 Å². The zero-order chi connectivity index (χ0) is 16.5. The monoisotopic (exact) mass is 343 g/mol. The molecule has 0 spiro atoms. The van der Waals surface area contributed by atoms with Crippen LogP contribution >= 0.6 is 11.6 Å². The highest BCUT2D eigenvalue weighted by Crippen LogP contribution is 2.35. The first kappa shape index (κ1) is 16.2. The molecule has 0 atom stereocenters. The van der Waals surface area contributed by atoms with Crippen molar-refractivity contribution < 1.29 is 0 Å². The van der Waals surface area contributed by atoms with E-state index in [-0.39, 0.29) is 0 Å². The highest BCUT2D eigenvalue weighted by Gasteiger charge is 2.23. The van der Waals surface area contributed by atoms with Crippen molar-refractivity contribution in [3.8, 4) is 0 Å². The van der Waals surface area contributed by atoms with E-state index in [0.717, 1.165) is 23.4 Å². The Morgan fingerprint density at radius 1 is 1.21 bits per heavy atom. The van der Waals surface area contributed by atoms with Crippen LogP contribution in [-0.4, -0.2) is 35.6 Å². The normalized spacial score (nSPS) is 19.4. The van der Waals surface area contributed by atoms with Gasteiger partial charge < -0.3 is 10.2 Å². The summed E-state index contributed by atoms with van der Waals surface area (Å²) >= 11 is 6.21. The first-order valence-corrected chi connectivity index (χ1v) is 9.72. The number of anilines is 1. The lowest BCUT2D eigenvalue weighted by Gasteiger charge is -2.33. The molecule has 4 heteroatoms. The van der Waals surface area contributed by atoms with Crippen molar-refractivity contribution in [2.24, 2.45) is 0 Å². The van der Waals surface area contributed by atoms with E-state index in [0.29, 0.717) is 6.04 Å². The predicted molar refractivity (Wildman–Crippen MR) is 102 cm³/mol. The first-order chi connectivity index (χ1) is 11.7. The summed E-state index contributed by atoms with van der Waals surface area (Å²) in [6.45, 7) is 5.82. The minimum absolute atomic E-state index is 0.570. The van der Waals surface area contributed by atoms with Crippen LogP contribution in [0.2, 0.25) is 5.02 Å². The summed E-state index contributed by atoms with van der Waals surface area (Å²) in [5.41, 5.74) is 5.11. The van der Waals surface area contributed by atoms with Crippen LogP contribution in [0.3, 0.4) is 0 Å². The Hall–Kier alpha value is -1.32. The predicted octanol–water partition coefficient (Wildman–Crippen LogP) is 4.66. The van der Waals surface area contributed by atoms with Crippen LogP contribution in [0.5, 0.6) is 0 Å². The average molecular weight is 344 g/mol. The summed E-state index contributed by atoms with van der Waals surface area (Å²) in [6, 6.07) is 6.71. The molecule has 0 saturated carbocycles. The van der Waals surface area contributed by atoms with Crippen LogP contribution in [0, 0.1) is 0 Å². The van der Waals surface area contributed by atoms with Crippen LogP contribution in [0.25, 0.3) is 10.9 Å². The van der Waals surface area contributed by atoms with E-state index >= 15 is 0 Å². The van der Waals surface area contributed by atoms with E-state index in [9.17, 15) is 0 Å². The van der Waals surface area contributed by atoms with Gasteiger partial charge in [0.05, 0.1) is 5.52 Å². The van der Waals surface area contributed by atoms with Crippen LogP contribution in [0.1, 0.15) is 43.9 Å². The third-order valence-electron chi connectivity index (χ3n) is 5.61. The van der Waals surface area contributed by atoms with Crippen LogP contribution in [0.4, 0.5) is 5.69 Å². The number of nitrogens with zero attached hydrogens (tertiary/aromatic N) is 2. The summed E-state index contributed by atoms with van der Waals surface area (Å²) in [5, 5.41) is 5.91. The zero-order valence-corrected chi connectivity index (χ0v) is 15.2. The van der Waals surface area contributed by atoms with E-state index in [1.165, 1.54) is 67.6 Å². The molecule has 1 saturated heterocycles. The van der Waals surface area contributed by atoms with Gasteiger partial charge in [-0.2, -0.15) is 0 Å². The number of hydrogen-bond donors (Lipinski definition) is 1. The van der Waals surface area contributed by atoms with E-state index in [2.05, 4.69) is 23.2 Å². The Balaban J connectivity index is 1.70. The molecule has 4 rings (SSSR count). The highest BCUT2D eigenvalue weighted by molar-refractivity contribution is 6.31. The molecule has 2 aliphatic rings. The third-order valence-corrected chi connectivity index (χ3v) is 5.84. The molecule has 128 valence electrons. The third kappa shape index (κ3) is 3.12. The van der Waals surface area contributed by atoms with Gasteiger partial charge in [0.2, 0.25) is 0 Å². The molecule has 1 aromatic heterocycles. The second kappa shape index (κ2) is 6.89. The maximum atomic E-state index is 6.21. The molecule has 24 heavy (non-hydrogen) atoms. The lowest BCUT2D eigenvalue weighted by molar-refractivity contribution is 0.229. The maximum absolute atomic E-state index is 6.21. The highest BCUT2D eigenvalue weighted by atomic mass is 35.5. The number of benzene rings is 1.